The van der Waals surface area contributed by atoms with E-state index in [1.54, 1.807) is 14.9 Å². The van der Waals surface area contributed by atoms with Crippen molar-refractivity contribution in [3.63, 3.8) is 0 Å². The van der Waals surface area contributed by atoms with Crippen molar-refractivity contribution < 1.29 is 8.42 Å². The van der Waals surface area contributed by atoms with Crippen LogP contribution in [0.3, 0.4) is 0 Å². The van der Waals surface area contributed by atoms with E-state index in [0.29, 0.717) is 36.0 Å². The monoisotopic (exact) mass is 378 g/mol. The average Bonchev–Trinajstić information content (AvgIpc) is 3.21. The fourth-order valence-electron chi connectivity index (χ4n) is 2.89. The number of sulfonamides is 1. The summed E-state index contributed by atoms with van der Waals surface area (Å²) in [6.07, 6.45) is 0. The number of nitrogens with zero attached hydrogens (tertiary/aromatic N) is 6. The van der Waals surface area contributed by atoms with Crippen LogP contribution in [0.1, 0.15) is 10.7 Å². The number of rotatable bonds is 3. The lowest BCUT2D eigenvalue weighted by atomic mass is 10.3. The lowest BCUT2D eigenvalue weighted by molar-refractivity contribution is 0.384. The van der Waals surface area contributed by atoms with Crippen molar-refractivity contribution in [3.05, 3.63) is 35.0 Å². The van der Waals surface area contributed by atoms with Crippen molar-refractivity contribution >= 4 is 32.8 Å². The van der Waals surface area contributed by atoms with Gasteiger partial charge in [-0.2, -0.15) is 8.82 Å². The molecule has 0 aromatic carbocycles. The molecule has 0 radical (unpaired) electrons. The second-order valence-corrected chi connectivity index (χ2v) is 9.42. The van der Waals surface area contributed by atoms with Gasteiger partial charge in [-0.3, -0.25) is 0 Å². The van der Waals surface area contributed by atoms with Crippen molar-refractivity contribution in [1.29, 1.82) is 0 Å². The summed E-state index contributed by atoms with van der Waals surface area (Å²) in [4.78, 5) is 3.09. The Kier molecular flexibility index (Phi) is 3.97. The highest BCUT2D eigenvalue weighted by Gasteiger charge is 2.30. The highest BCUT2D eigenvalue weighted by Crippen LogP contribution is 2.25. The molecule has 10 heteroatoms. The number of thiophene rings is 1. The molecule has 0 saturated carbocycles. The summed E-state index contributed by atoms with van der Waals surface area (Å²) in [6.45, 7) is 5.85. The maximum atomic E-state index is 12.7. The Morgan fingerprint density at radius 1 is 1.00 bits per heavy atom. The molecule has 0 N–H and O–H groups in total. The molecule has 4 heterocycles. The van der Waals surface area contributed by atoms with E-state index >= 15 is 0 Å². The van der Waals surface area contributed by atoms with Crippen LogP contribution in [0.5, 0.6) is 0 Å². The lowest BCUT2D eigenvalue weighted by Gasteiger charge is -2.34. The van der Waals surface area contributed by atoms with Crippen molar-refractivity contribution in [2.75, 3.05) is 31.1 Å². The summed E-state index contributed by atoms with van der Waals surface area (Å²) in [5, 5.41) is 12.6. The number of fused-ring (bicyclic) bond motifs is 1. The van der Waals surface area contributed by atoms with Crippen molar-refractivity contribution in [3.8, 4) is 0 Å². The SMILES string of the molecule is Cc1ccc(S(=O)(=O)N2CCN(c3ccc4nnc(C)n4n3)CC2)s1. The van der Waals surface area contributed by atoms with E-state index in [0.717, 1.165) is 16.5 Å². The Morgan fingerprint density at radius 2 is 1.76 bits per heavy atom. The number of hydrogen-bond donors (Lipinski definition) is 0. The summed E-state index contributed by atoms with van der Waals surface area (Å²) in [7, 11) is -3.40. The normalized spacial score (nSPS) is 16.6. The van der Waals surface area contributed by atoms with Crippen LogP contribution >= 0.6 is 11.3 Å². The molecular weight excluding hydrogens is 360 g/mol. The molecule has 3 aromatic heterocycles. The highest BCUT2D eigenvalue weighted by molar-refractivity contribution is 7.91. The molecule has 0 bridgehead atoms. The van der Waals surface area contributed by atoms with Gasteiger partial charge < -0.3 is 4.90 Å². The Hall–Kier alpha value is -2.04. The van der Waals surface area contributed by atoms with Gasteiger partial charge in [-0.05, 0) is 38.1 Å². The third kappa shape index (κ3) is 2.90. The minimum atomic E-state index is -3.40. The maximum Gasteiger partial charge on any atom is 0.252 e. The van der Waals surface area contributed by atoms with Gasteiger partial charge in [0.25, 0.3) is 10.0 Å². The molecule has 0 unspecified atom stereocenters. The molecule has 132 valence electrons. The largest absolute Gasteiger partial charge is 0.353 e. The van der Waals surface area contributed by atoms with Crippen LogP contribution in [0, 0.1) is 13.8 Å². The maximum absolute atomic E-state index is 12.7. The Bertz CT molecular complexity index is 1020. The standard InChI is InChI=1S/C15H18N6O2S2/c1-11-3-6-15(24-11)25(22,23)20-9-7-19(8-10-20)14-5-4-13-17-16-12(2)21(13)18-14/h3-6H,7-10H2,1-2H3. The van der Waals surface area contributed by atoms with Crippen LogP contribution < -0.4 is 4.90 Å². The molecule has 0 amide bonds. The first-order valence-electron chi connectivity index (χ1n) is 7.96. The average molecular weight is 378 g/mol. The molecule has 1 fully saturated rings. The Labute approximate surface area is 149 Å². The van der Waals surface area contributed by atoms with Gasteiger partial charge in [-0.25, -0.2) is 8.42 Å². The molecule has 8 nitrogen and oxygen atoms in total. The second kappa shape index (κ2) is 6.04. The van der Waals surface area contributed by atoms with Gasteiger partial charge in [0.2, 0.25) is 0 Å². The van der Waals surface area contributed by atoms with E-state index in [4.69, 9.17) is 0 Å². The van der Waals surface area contributed by atoms with Crippen molar-refractivity contribution in [2.24, 2.45) is 0 Å². The van der Waals surface area contributed by atoms with Gasteiger partial charge in [0, 0.05) is 31.1 Å². The summed E-state index contributed by atoms with van der Waals surface area (Å²) in [6, 6.07) is 7.30. The number of aryl methyl sites for hydroxylation is 2. The molecule has 3 aromatic rings. The van der Waals surface area contributed by atoms with E-state index in [2.05, 4.69) is 20.2 Å². The van der Waals surface area contributed by atoms with Crippen LogP contribution in [-0.2, 0) is 10.0 Å². The Balaban J connectivity index is 1.51. The summed E-state index contributed by atoms with van der Waals surface area (Å²) in [5.74, 6) is 1.53. The van der Waals surface area contributed by atoms with Gasteiger partial charge in [0.1, 0.15) is 10.0 Å². The third-order valence-corrected chi connectivity index (χ3v) is 7.64. The topological polar surface area (TPSA) is 83.7 Å². The molecular formula is C15H18N6O2S2. The van der Waals surface area contributed by atoms with E-state index in [1.165, 1.54) is 11.3 Å². The van der Waals surface area contributed by atoms with Crippen LogP contribution in [0.4, 0.5) is 5.82 Å². The lowest BCUT2D eigenvalue weighted by Crippen LogP contribution is -2.48. The van der Waals surface area contributed by atoms with Crippen LogP contribution in [0.25, 0.3) is 5.65 Å². The first-order chi connectivity index (χ1) is 11.9. The smallest absolute Gasteiger partial charge is 0.252 e. The van der Waals surface area contributed by atoms with Crippen molar-refractivity contribution in [2.45, 2.75) is 18.1 Å². The van der Waals surface area contributed by atoms with E-state index in [9.17, 15) is 8.42 Å². The zero-order chi connectivity index (χ0) is 17.6. The number of piperazine rings is 1. The summed E-state index contributed by atoms with van der Waals surface area (Å²) >= 11 is 1.32. The fraction of sp³-hybridized carbons (Fsp3) is 0.400. The van der Waals surface area contributed by atoms with Crippen LogP contribution in [0.15, 0.2) is 28.5 Å². The predicted molar refractivity (Wildman–Crippen MR) is 95.5 cm³/mol. The van der Waals surface area contributed by atoms with Crippen LogP contribution in [-0.4, -0.2) is 58.7 Å². The molecule has 0 aliphatic carbocycles. The van der Waals surface area contributed by atoms with E-state index < -0.39 is 10.0 Å². The zero-order valence-electron chi connectivity index (χ0n) is 14.0. The molecule has 25 heavy (non-hydrogen) atoms. The number of hydrogen-bond acceptors (Lipinski definition) is 7. The minimum absolute atomic E-state index is 0.415. The predicted octanol–water partition coefficient (Wildman–Crippen LogP) is 1.31. The first kappa shape index (κ1) is 16.4. The third-order valence-electron chi connectivity index (χ3n) is 4.28. The Morgan fingerprint density at radius 3 is 2.44 bits per heavy atom. The van der Waals surface area contributed by atoms with Gasteiger partial charge in [0.05, 0.1) is 0 Å². The van der Waals surface area contributed by atoms with Gasteiger partial charge in [0.15, 0.2) is 11.5 Å². The number of aromatic nitrogens is 4. The van der Waals surface area contributed by atoms with Gasteiger partial charge >= 0.3 is 0 Å². The summed E-state index contributed by atoms with van der Waals surface area (Å²) in [5.41, 5.74) is 0.704. The molecule has 1 aliphatic heterocycles. The highest BCUT2D eigenvalue weighted by atomic mass is 32.2. The van der Waals surface area contributed by atoms with Gasteiger partial charge in [-0.15, -0.1) is 26.6 Å². The zero-order valence-corrected chi connectivity index (χ0v) is 15.6. The second-order valence-electron chi connectivity index (χ2n) is 5.96. The first-order valence-corrected chi connectivity index (χ1v) is 10.2. The van der Waals surface area contributed by atoms with E-state index in [1.807, 2.05) is 32.0 Å². The van der Waals surface area contributed by atoms with Crippen molar-refractivity contribution in [1.82, 2.24) is 24.1 Å². The van der Waals surface area contributed by atoms with E-state index in [-0.39, 0.29) is 0 Å². The molecule has 1 aliphatic rings. The molecule has 1 saturated heterocycles. The van der Waals surface area contributed by atoms with Gasteiger partial charge in [-0.1, -0.05) is 0 Å². The summed E-state index contributed by atoms with van der Waals surface area (Å²) < 4.78 is 29.1. The number of anilines is 1. The molecule has 4 rings (SSSR count). The minimum Gasteiger partial charge on any atom is -0.353 e. The van der Waals surface area contributed by atoms with Crippen LogP contribution in [0.2, 0.25) is 0 Å². The quantitative estimate of drug-likeness (QED) is 0.683. The fourth-order valence-corrected chi connectivity index (χ4v) is 5.75. The molecule has 0 spiro atoms. The molecule has 0 atom stereocenters.